The first-order valence-electron chi connectivity index (χ1n) is 6.81. The topological polar surface area (TPSA) is 12.0 Å². The molecule has 0 atom stereocenters. The fourth-order valence-corrected chi connectivity index (χ4v) is 3.27. The minimum atomic E-state index is -0.282. The molecule has 20 heavy (non-hydrogen) atoms. The van der Waals surface area contributed by atoms with Crippen LogP contribution in [-0.2, 0) is 11.8 Å². The van der Waals surface area contributed by atoms with E-state index in [0.717, 1.165) is 25.1 Å². The van der Waals surface area contributed by atoms with E-state index in [-0.39, 0.29) is 11.2 Å². The summed E-state index contributed by atoms with van der Waals surface area (Å²) >= 11 is 6.18. The number of hydrogen-bond donors (Lipinski definition) is 1. The van der Waals surface area contributed by atoms with Gasteiger partial charge in [0, 0.05) is 23.5 Å². The highest BCUT2D eigenvalue weighted by atomic mass is 35.5. The first-order chi connectivity index (χ1) is 9.61. The third-order valence-electron chi connectivity index (χ3n) is 4.19. The zero-order chi connectivity index (χ0) is 14.2. The Kier molecular flexibility index (Phi) is 3.53. The molecular formula is C17H17ClFN. The zero-order valence-electron chi connectivity index (χ0n) is 11.4. The predicted octanol–water partition coefficient (Wildman–Crippen LogP) is 3.87. The predicted molar refractivity (Wildman–Crippen MR) is 80.8 cm³/mol. The van der Waals surface area contributed by atoms with Gasteiger partial charge in [-0.05, 0) is 42.2 Å². The highest BCUT2D eigenvalue weighted by molar-refractivity contribution is 6.31. The molecule has 0 spiro atoms. The van der Waals surface area contributed by atoms with Crippen LogP contribution in [0, 0.1) is 12.7 Å². The third-order valence-corrected chi connectivity index (χ3v) is 4.54. The minimum absolute atomic E-state index is 0.0762. The van der Waals surface area contributed by atoms with Gasteiger partial charge in [0.2, 0.25) is 0 Å². The van der Waals surface area contributed by atoms with E-state index in [1.54, 1.807) is 6.07 Å². The van der Waals surface area contributed by atoms with Crippen LogP contribution in [0.3, 0.4) is 0 Å². The van der Waals surface area contributed by atoms with E-state index in [2.05, 4.69) is 36.5 Å². The lowest BCUT2D eigenvalue weighted by Gasteiger charge is -2.44. The Balaban J connectivity index is 1.96. The Morgan fingerprint density at radius 1 is 1.20 bits per heavy atom. The lowest BCUT2D eigenvalue weighted by atomic mass is 9.69. The summed E-state index contributed by atoms with van der Waals surface area (Å²) in [6.45, 7) is 4.01. The Labute approximate surface area is 123 Å². The summed E-state index contributed by atoms with van der Waals surface area (Å²) in [6.07, 6.45) is 0.837. The van der Waals surface area contributed by atoms with Crippen LogP contribution in [0.1, 0.15) is 16.7 Å². The molecular weight excluding hydrogens is 273 g/mol. The molecule has 0 saturated carbocycles. The molecule has 1 N–H and O–H groups in total. The summed E-state index contributed by atoms with van der Waals surface area (Å²) in [5.74, 6) is -0.282. The number of aryl methyl sites for hydroxylation is 1. The summed E-state index contributed by atoms with van der Waals surface area (Å²) in [5.41, 5.74) is 3.75. The van der Waals surface area contributed by atoms with Gasteiger partial charge in [0.25, 0.3) is 0 Å². The summed E-state index contributed by atoms with van der Waals surface area (Å²) in [7, 11) is 0. The number of hydrogen-bond acceptors (Lipinski definition) is 1. The summed E-state index contributed by atoms with van der Waals surface area (Å²) < 4.78 is 13.2. The van der Waals surface area contributed by atoms with Gasteiger partial charge in [-0.2, -0.15) is 0 Å². The van der Waals surface area contributed by atoms with E-state index in [9.17, 15) is 4.39 Å². The van der Waals surface area contributed by atoms with Crippen molar-refractivity contribution in [2.24, 2.45) is 0 Å². The molecule has 1 saturated heterocycles. The maximum absolute atomic E-state index is 13.2. The second kappa shape index (κ2) is 5.19. The van der Waals surface area contributed by atoms with Gasteiger partial charge in [-0.1, -0.05) is 41.9 Å². The zero-order valence-corrected chi connectivity index (χ0v) is 12.2. The van der Waals surface area contributed by atoms with Crippen LogP contribution < -0.4 is 5.32 Å². The van der Waals surface area contributed by atoms with Gasteiger partial charge < -0.3 is 5.32 Å². The molecule has 0 aromatic heterocycles. The Morgan fingerprint density at radius 2 is 1.95 bits per heavy atom. The largest absolute Gasteiger partial charge is 0.315 e. The highest BCUT2D eigenvalue weighted by Gasteiger charge is 2.39. The molecule has 1 aliphatic rings. The number of rotatable bonds is 3. The van der Waals surface area contributed by atoms with Gasteiger partial charge in [0.05, 0.1) is 0 Å². The van der Waals surface area contributed by atoms with Crippen molar-refractivity contribution in [3.63, 3.8) is 0 Å². The molecule has 1 aliphatic heterocycles. The monoisotopic (exact) mass is 289 g/mol. The van der Waals surface area contributed by atoms with E-state index in [1.165, 1.54) is 23.3 Å². The molecule has 104 valence electrons. The van der Waals surface area contributed by atoms with E-state index in [0.29, 0.717) is 5.02 Å². The van der Waals surface area contributed by atoms with Crippen molar-refractivity contribution in [1.82, 2.24) is 5.32 Å². The van der Waals surface area contributed by atoms with Crippen molar-refractivity contribution in [1.29, 1.82) is 0 Å². The van der Waals surface area contributed by atoms with Crippen LogP contribution in [-0.4, -0.2) is 13.1 Å². The lowest BCUT2D eigenvalue weighted by Crippen LogP contribution is -2.58. The van der Waals surface area contributed by atoms with Crippen molar-refractivity contribution in [2.75, 3.05) is 13.1 Å². The van der Waals surface area contributed by atoms with Crippen molar-refractivity contribution >= 4 is 11.6 Å². The first kappa shape index (κ1) is 13.6. The van der Waals surface area contributed by atoms with Crippen LogP contribution >= 0.6 is 11.6 Å². The smallest absolute Gasteiger partial charge is 0.124 e. The van der Waals surface area contributed by atoms with Crippen LogP contribution in [0.2, 0.25) is 5.02 Å². The molecule has 0 unspecified atom stereocenters. The quantitative estimate of drug-likeness (QED) is 0.904. The second-order valence-electron chi connectivity index (χ2n) is 5.61. The van der Waals surface area contributed by atoms with Crippen LogP contribution in [0.4, 0.5) is 4.39 Å². The van der Waals surface area contributed by atoms with Crippen molar-refractivity contribution in [3.05, 3.63) is 70.0 Å². The van der Waals surface area contributed by atoms with Crippen molar-refractivity contribution in [2.45, 2.75) is 18.8 Å². The maximum Gasteiger partial charge on any atom is 0.124 e. The Hall–Kier alpha value is -1.38. The average molecular weight is 290 g/mol. The molecule has 2 aromatic rings. The summed E-state index contributed by atoms with van der Waals surface area (Å²) in [5, 5.41) is 3.88. The Morgan fingerprint density at radius 3 is 2.55 bits per heavy atom. The van der Waals surface area contributed by atoms with E-state index in [1.807, 2.05) is 0 Å². The minimum Gasteiger partial charge on any atom is -0.315 e. The van der Waals surface area contributed by atoms with Crippen LogP contribution in [0.15, 0.2) is 42.5 Å². The van der Waals surface area contributed by atoms with Crippen molar-refractivity contribution in [3.8, 4) is 0 Å². The molecule has 0 amide bonds. The molecule has 3 rings (SSSR count). The second-order valence-corrected chi connectivity index (χ2v) is 6.02. The number of nitrogens with one attached hydrogen (secondary N) is 1. The van der Waals surface area contributed by atoms with Gasteiger partial charge in [0.15, 0.2) is 0 Å². The van der Waals surface area contributed by atoms with Crippen molar-refractivity contribution < 1.29 is 4.39 Å². The molecule has 3 heteroatoms. The lowest BCUT2D eigenvalue weighted by molar-refractivity contribution is 0.273. The van der Waals surface area contributed by atoms with Gasteiger partial charge >= 0.3 is 0 Å². The summed E-state index contributed by atoms with van der Waals surface area (Å²) in [6, 6.07) is 13.1. The van der Waals surface area contributed by atoms with E-state index >= 15 is 0 Å². The fraction of sp³-hybridized carbons (Fsp3) is 0.294. The molecule has 0 radical (unpaired) electrons. The van der Waals surface area contributed by atoms with Crippen LogP contribution in [0.5, 0.6) is 0 Å². The standard InChI is InChI=1S/C17H17ClFN/c1-12-4-2-3-5-15(12)17(10-20-11-17)9-13-6-7-14(19)8-16(13)18/h2-8,20H,9-11H2,1H3. The number of benzene rings is 2. The van der Waals surface area contributed by atoms with E-state index in [4.69, 9.17) is 11.6 Å². The molecule has 0 aliphatic carbocycles. The Bertz CT molecular complexity index is 635. The van der Waals surface area contributed by atoms with Gasteiger partial charge in [-0.3, -0.25) is 0 Å². The molecule has 1 nitrogen and oxygen atoms in total. The summed E-state index contributed by atoms with van der Waals surface area (Å²) in [4.78, 5) is 0. The van der Waals surface area contributed by atoms with Gasteiger partial charge in [-0.15, -0.1) is 0 Å². The van der Waals surface area contributed by atoms with Gasteiger partial charge in [0.1, 0.15) is 5.82 Å². The normalized spacial score (nSPS) is 16.8. The average Bonchev–Trinajstić information content (AvgIpc) is 2.37. The number of halogens is 2. The highest BCUT2D eigenvalue weighted by Crippen LogP contribution is 2.36. The SMILES string of the molecule is Cc1ccccc1C1(Cc2ccc(F)cc2Cl)CNC1. The molecule has 1 heterocycles. The maximum atomic E-state index is 13.2. The fourth-order valence-electron chi connectivity index (χ4n) is 3.03. The molecule has 2 aromatic carbocycles. The van der Waals surface area contributed by atoms with Gasteiger partial charge in [-0.25, -0.2) is 4.39 Å². The molecule has 0 bridgehead atoms. The first-order valence-corrected chi connectivity index (χ1v) is 7.19. The molecule has 1 fully saturated rings. The third kappa shape index (κ3) is 2.34. The van der Waals surface area contributed by atoms with Crippen LogP contribution in [0.25, 0.3) is 0 Å². The van der Waals surface area contributed by atoms with E-state index < -0.39 is 0 Å².